The molecule has 3 amide bonds. The van der Waals surface area contributed by atoms with Gasteiger partial charge in [-0.1, -0.05) is 19.1 Å². The van der Waals surface area contributed by atoms with E-state index in [1.165, 1.54) is 19.3 Å². The molecule has 3 aliphatic rings. The first kappa shape index (κ1) is 32.7. The lowest BCUT2D eigenvalue weighted by molar-refractivity contribution is -0.139. The van der Waals surface area contributed by atoms with Crippen LogP contribution in [0.5, 0.6) is 0 Å². The molecule has 2 aliphatic heterocycles. The van der Waals surface area contributed by atoms with E-state index in [1.807, 2.05) is 25.1 Å². The Kier molecular flexibility index (Phi) is 8.59. The molecule has 4 atom stereocenters. The first-order chi connectivity index (χ1) is 23.6. The fourth-order valence-corrected chi connectivity index (χ4v) is 7.87. The van der Waals surface area contributed by atoms with E-state index >= 15 is 0 Å². The molecular formula is C35H36BrN9O4. The summed E-state index contributed by atoms with van der Waals surface area (Å²) in [5, 5.41) is 11.3. The Morgan fingerprint density at radius 2 is 1.88 bits per heavy atom. The molecule has 4 aromatic rings. The molecule has 1 saturated heterocycles. The van der Waals surface area contributed by atoms with Crippen LogP contribution in [-0.4, -0.2) is 76.7 Å². The van der Waals surface area contributed by atoms with Gasteiger partial charge in [-0.25, -0.2) is 15.0 Å². The molecule has 252 valence electrons. The lowest BCUT2D eigenvalue weighted by Gasteiger charge is -2.28. The number of allylic oxidation sites excluding steroid dienone is 2. The van der Waals surface area contributed by atoms with Gasteiger partial charge in [0.1, 0.15) is 28.7 Å². The number of ketones is 1. The number of aromatic nitrogens is 6. The maximum atomic E-state index is 14.5. The molecule has 3 aromatic heterocycles. The molecule has 5 heterocycles. The van der Waals surface area contributed by atoms with Crippen molar-refractivity contribution in [3.8, 4) is 11.1 Å². The molecule has 2 N–H and O–H groups in total. The molecule has 1 aromatic carbocycles. The number of piperidine rings is 1. The van der Waals surface area contributed by atoms with Crippen LogP contribution in [0.4, 0.5) is 5.82 Å². The standard InChI is InChI=1S/C35H36BrN9O4/c1-19-33-35(19)12-26(34(49)42-28-16-37-15-27(36)41-28)45(33)30(48)17-44-32-22(8-6-4-5-7-9-29(47)40-18-35)10-23(24-13-38-21(3)39-14-24)11-25(32)31(43-44)20(2)46/h4,6,10-11,13-16,19,26,33H,5,7-9,12,17-18H2,1-3H3,(H,40,47)(H,41,42,49)/b6-4+/t19?,26-,33?,35+/m0/s1. The zero-order chi connectivity index (χ0) is 34.4. The number of carbonyl (C=O) groups is 4. The summed E-state index contributed by atoms with van der Waals surface area (Å²) in [6.45, 7) is 5.53. The number of amides is 3. The molecule has 1 aliphatic carbocycles. The van der Waals surface area contributed by atoms with E-state index in [9.17, 15) is 19.2 Å². The highest BCUT2D eigenvalue weighted by Gasteiger charge is 2.72. The number of nitrogens with one attached hydrogen (secondary N) is 2. The van der Waals surface area contributed by atoms with Gasteiger partial charge in [-0.3, -0.25) is 28.8 Å². The largest absolute Gasteiger partial charge is 0.355 e. The number of hydrogen-bond donors (Lipinski definition) is 2. The molecule has 14 heteroatoms. The second-order valence-corrected chi connectivity index (χ2v) is 14.0. The Hall–Kier alpha value is -4.85. The Bertz CT molecular complexity index is 2030. The minimum atomic E-state index is -0.810. The van der Waals surface area contributed by atoms with Crippen molar-refractivity contribution in [3.63, 3.8) is 0 Å². The predicted molar refractivity (Wildman–Crippen MR) is 184 cm³/mol. The molecular weight excluding hydrogens is 690 g/mol. The van der Waals surface area contributed by atoms with Gasteiger partial charge in [-0.05, 0) is 77.7 Å². The SMILES string of the molecule is CC(=O)c1nn2c3c(cc(-c4cnc(C)nc4)cc13)C/C=C/CCCC(=O)NC[C@@]13C[C@@H](C(=O)Nc4cncc(Br)n4)N(C(=O)C2)C1C3C. The highest BCUT2D eigenvalue weighted by atomic mass is 79.9. The summed E-state index contributed by atoms with van der Waals surface area (Å²) in [5.41, 5.74) is 2.99. The minimum absolute atomic E-state index is 0.0493. The molecule has 0 spiro atoms. The van der Waals surface area contributed by atoms with Crippen LogP contribution in [0.25, 0.3) is 22.0 Å². The van der Waals surface area contributed by atoms with E-state index in [0.717, 1.165) is 23.1 Å². The summed E-state index contributed by atoms with van der Waals surface area (Å²) >= 11 is 3.29. The zero-order valence-electron chi connectivity index (χ0n) is 27.4. The number of benzene rings is 1. The number of anilines is 1. The Morgan fingerprint density at radius 1 is 1.08 bits per heavy atom. The third kappa shape index (κ3) is 6.13. The van der Waals surface area contributed by atoms with E-state index in [1.54, 1.807) is 22.0 Å². The summed E-state index contributed by atoms with van der Waals surface area (Å²) < 4.78 is 2.07. The van der Waals surface area contributed by atoms with Crippen molar-refractivity contribution in [2.45, 2.75) is 71.5 Å². The van der Waals surface area contributed by atoms with Crippen LogP contribution in [0.1, 0.15) is 61.4 Å². The number of hydrogen-bond acceptors (Lipinski definition) is 9. The van der Waals surface area contributed by atoms with Crippen LogP contribution in [0, 0.1) is 18.3 Å². The second kappa shape index (κ2) is 12.9. The summed E-state index contributed by atoms with van der Waals surface area (Å²) in [4.78, 5) is 73.0. The second-order valence-electron chi connectivity index (χ2n) is 13.2. The van der Waals surface area contributed by atoms with Crippen molar-refractivity contribution >= 4 is 56.2 Å². The lowest BCUT2D eigenvalue weighted by atomic mass is 9.95. The Labute approximate surface area is 291 Å². The van der Waals surface area contributed by atoms with Crippen molar-refractivity contribution in [2.24, 2.45) is 11.3 Å². The topological polar surface area (TPSA) is 165 Å². The number of aryl methyl sites for hydroxylation is 1. The highest BCUT2D eigenvalue weighted by molar-refractivity contribution is 9.10. The number of nitrogens with zero attached hydrogens (tertiary/aromatic N) is 7. The Morgan fingerprint density at radius 3 is 2.63 bits per heavy atom. The number of halogens is 1. The predicted octanol–water partition coefficient (Wildman–Crippen LogP) is 4.20. The van der Waals surface area contributed by atoms with E-state index < -0.39 is 11.5 Å². The van der Waals surface area contributed by atoms with Crippen LogP contribution in [0.15, 0.2) is 53.7 Å². The van der Waals surface area contributed by atoms with Gasteiger partial charge in [-0.2, -0.15) is 5.10 Å². The van der Waals surface area contributed by atoms with Gasteiger partial charge in [0.05, 0.1) is 17.9 Å². The summed E-state index contributed by atoms with van der Waals surface area (Å²) in [6.07, 6.45) is 13.2. The smallest absolute Gasteiger partial charge is 0.248 e. The van der Waals surface area contributed by atoms with Gasteiger partial charge in [0.15, 0.2) is 11.6 Å². The third-order valence-corrected chi connectivity index (χ3v) is 10.4. The summed E-state index contributed by atoms with van der Waals surface area (Å²) in [6, 6.07) is 2.85. The van der Waals surface area contributed by atoms with Crippen LogP contribution in [-0.2, 0) is 27.3 Å². The van der Waals surface area contributed by atoms with E-state index in [4.69, 9.17) is 5.10 Å². The number of Topliss-reactive ketones (excluding diaryl/α,β-unsaturated/α-hetero) is 1. The first-order valence-electron chi connectivity index (χ1n) is 16.4. The van der Waals surface area contributed by atoms with Crippen molar-refractivity contribution in [3.05, 3.63) is 70.8 Å². The average Bonchev–Trinajstić information content (AvgIpc) is 3.34. The molecule has 49 heavy (non-hydrogen) atoms. The number of rotatable bonds is 4. The van der Waals surface area contributed by atoms with Crippen molar-refractivity contribution in [1.29, 1.82) is 0 Å². The molecule has 2 bridgehead atoms. The van der Waals surface area contributed by atoms with Gasteiger partial charge in [0.2, 0.25) is 17.7 Å². The van der Waals surface area contributed by atoms with Crippen molar-refractivity contribution < 1.29 is 19.2 Å². The summed E-state index contributed by atoms with van der Waals surface area (Å²) in [7, 11) is 0. The van der Waals surface area contributed by atoms with Crippen molar-refractivity contribution in [2.75, 3.05) is 11.9 Å². The molecule has 0 radical (unpaired) electrons. The fraction of sp³-hybridized carbons (Fsp3) is 0.400. The zero-order valence-corrected chi connectivity index (χ0v) is 29.0. The van der Waals surface area contributed by atoms with Gasteiger partial charge >= 0.3 is 0 Å². The molecule has 2 unspecified atom stereocenters. The fourth-order valence-electron chi connectivity index (χ4n) is 7.56. The van der Waals surface area contributed by atoms with Gasteiger partial charge in [-0.15, -0.1) is 0 Å². The third-order valence-electron chi connectivity index (χ3n) is 10.1. The first-order valence-corrected chi connectivity index (χ1v) is 17.2. The quantitative estimate of drug-likeness (QED) is 0.232. The van der Waals surface area contributed by atoms with E-state index in [0.29, 0.717) is 53.6 Å². The highest BCUT2D eigenvalue weighted by Crippen LogP contribution is 2.64. The molecule has 2 fully saturated rings. The minimum Gasteiger partial charge on any atom is -0.355 e. The monoisotopic (exact) mass is 725 g/mol. The maximum Gasteiger partial charge on any atom is 0.248 e. The van der Waals surface area contributed by atoms with E-state index in [-0.39, 0.29) is 53.5 Å². The van der Waals surface area contributed by atoms with E-state index in [2.05, 4.69) is 59.5 Å². The molecule has 7 rings (SSSR count). The van der Waals surface area contributed by atoms with Gasteiger partial charge in [0.25, 0.3) is 0 Å². The van der Waals surface area contributed by atoms with Crippen LogP contribution < -0.4 is 10.6 Å². The van der Waals surface area contributed by atoms with Crippen LogP contribution in [0.3, 0.4) is 0 Å². The normalized spacial score (nSPS) is 24.6. The average molecular weight is 727 g/mol. The van der Waals surface area contributed by atoms with Crippen LogP contribution >= 0.6 is 15.9 Å². The molecule has 1 saturated carbocycles. The number of carbonyl (C=O) groups excluding carboxylic acids is 4. The molecule has 13 nitrogen and oxygen atoms in total. The Balaban J connectivity index is 1.32. The maximum absolute atomic E-state index is 14.5. The van der Waals surface area contributed by atoms with Gasteiger partial charge < -0.3 is 15.5 Å². The summed E-state index contributed by atoms with van der Waals surface area (Å²) in [5.74, 6) is 0.00568. The van der Waals surface area contributed by atoms with Crippen molar-refractivity contribution in [1.82, 2.24) is 39.9 Å². The van der Waals surface area contributed by atoms with Crippen LogP contribution in [0.2, 0.25) is 0 Å². The van der Waals surface area contributed by atoms with Gasteiger partial charge in [0, 0.05) is 54.7 Å². The lowest BCUT2D eigenvalue weighted by Crippen LogP contribution is -2.47.